The Morgan fingerprint density at radius 2 is 2.14 bits per heavy atom. The average molecular weight is 416 g/mol. The second-order valence-electron chi connectivity index (χ2n) is 7.84. The number of hydrogen-bond donors (Lipinski definition) is 1. The third kappa shape index (κ3) is 6.29. The highest BCUT2D eigenvalue weighted by molar-refractivity contribution is 7.80. The summed E-state index contributed by atoms with van der Waals surface area (Å²) in [4.78, 5) is 6.32. The number of nitrogens with one attached hydrogen (secondary N) is 1. The number of aryl methyl sites for hydroxylation is 1. The molecule has 1 aliphatic rings. The Bertz CT molecular complexity index is 729. The summed E-state index contributed by atoms with van der Waals surface area (Å²) in [7, 11) is 0. The molecule has 2 heterocycles. The van der Waals surface area contributed by atoms with Crippen LogP contribution in [0.3, 0.4) is 0 Å². The van der Waals surface area contributed by atoms with Gasteiger partial charge in [0.25, 0.3) is 0 Å². The Morgan fingerprint density at radius 1 is 1.29 bits per heavy atom. The van der Waals surface area contributed by atoms with Crippen LogP contribution in [0.25, 0.3) is 0 Å². The van der Waals surface area contributed by atoms with Gasteiger partial charge in [-0.2, -0.15) is 0 Å². The van der Waals surface area contributed by atoms with Gasteiger partial charge in [-0.25, -0.2) is 0 Å². The van der Waals surface area contributed by atoms with Crippen LogP contribution in [0.15, 0.2) is 41.8 Å². The largest absolute Gasteiger partial charge is 0.344 e. The molecule has 5 heteroatoms. The van der Waals surface area contributed by atoms with Crippen molar-refractivity contribution < 1.29 is 0 Å². The third-order valence-corrected chi connectivity index (χ3v) is 6.72. The van der Waals surface area contributed by atoms with Crippen LogP contribution < -0.4 is 5.32 Å². The number of benzene rings is 1. The van der Waals surface area contributed by atoms with Gasteiger partial charge < -0.3 is 15.1 Å². The van der Waals surface area contributed by atoms with Gasteiger partial charge >= 0.3 is 0 Å². The van der Waals surface area contributed by atoms with Crippen molar-refractivity contribution in [2.24, 2.45) is 5.92 Å². The molecule has 0 amide bonds. The molecule has 2 aromatic rings. The molecular formula is C23H33N3S2. The van der Waals surface area contributed by atoms with Crippen molar-refractivity contribution in [3.05, 3.63) is 52.2 Å². The summed E-state index contributed by atoms with van der Waals surface area (Å²) in [6.07, 6.45) is 4.87. The van der Waals surface area contributed by atoms with Gasteiger partial charge in [-0.3, -0.25) is 0 Å². The van der Waals surface area contributed by atoms with E-state index in [0.717, 1.165) is 42.6 Å². The highest BCUT2D eigenvalue weighted by atomic mass is 32.1. The van der Waals surface area contributed by atoms with Gasteiger partial charge in [0, 0.05) is 23.7 Å². The maximum atomic E-state index is 5.83. The van der Waals surface area contributed by atoms with Gasteiger partial charge in [-0.15, -0.1) is 11.3 Å². The van der Waals surface area contributed by atoms with E-state index >= 15 is 0 Å². The molecular weight excluding hydrogens is 382 g/mol. The topological polar surface area (TPSA) is 18.5 Å². The number of anilines is 1. The first-order valence-corrected chi connectivity index (χ1v) is 11.8. The van der Waals surface area contributed by atoms with Gasteiger partial charge in [0.2, 0.25) is 0 Å². The number of piperidine rings is 1. The fourth-order valence-electron chi connectivity index (χ4n) is 3.96. The average Bonchev–Trinajstić information content (AvgIpc) is 3.21. The second kappa shape index (κ2) is 10.9. The highest BCUT2D eigenvalue weighted by Gasteiger charge is 2.17. The van der Waals surface area contributed by atoms with E-state index in [1.807, 2.05) is 0 Å². The smallest absolute Gasteiger partial charge is 0.173 e. The van der Waals surface area contributed by atoms with Gasteiger partial charge in [-0.1, -0.05) is 38.1 Å². The minimum Gasteiger partial charge on any atom is -0.344 e. The molecule has 0 radical (unpaired) electrons. The second-order valence-corrected chi connectivity index (χ2v) is 9.26. The molecule has 1 saturated heterocycles. The van der Waals surface area contributed by atoms with E-state index < -0.39 is 0 Å². The zero-order valence-corrected chi connectivity index (χ0v) is 18.8. The van der Waals surface area contributed by atoms with Crippen LogP contribution in [-0.2, 0) is 13.0 Å². The summed E-state index contributed by atoms with van der Waals surface area (Å²) in [5.74, 6) is 0.837. The lowest BCUT2D eigenvalue weighted by molar-refractivity contribution is 0.177. The molecule has 3 rings (SSSR count). The van der Waals surface area contributed by atoms with E-state index in [9.17, 15) is 0 Å². The van der Waals surface area contributed by atoms with Crippen LogP contribution in [0.5, 0.6) is 0 Å². The summed E-state index contributed by atoms with van der Waals surface area (Å²) in [5.41, 5.74) is 2.44. The van der Waals surface area contributed by atoms with E-state index in [4.69, 9.17) is 12.2 Å². The van der Waals surface area contributed by atoms with E-state index in [1.54, 1.807) is 11.3 Å². The number of thiophene rings is 1. The van der Waals surface area contributed by atoms with Crippen LogP contribution in [0.2, 0.25) is 0 Å². The zero-order chi connectivity index (χ0) is 19.8. The van der Waals surface area contributed by atoms with Gasteiger partial charge in [0.05, 0.1) is 6.54 Å². The minimum absolute atomic E-state index is 0.835. The molecule has 0 saturated carbocycles. The Labute approximate surface area is 179 Å². The van der Waals surface area contributed by atoms with Crippen LogP contribution >= 0.6 is 23.6 Å². The Balaban J connectivity index is 1.60. The van der Waals surface area contributed by atoms with Crippen molar-refractivity contribution in [2.45, 2.75) is 46.1 Å². The van der Waals surface area contributed by atoms with Crippen LogP contribution in [0.4, 0.5) is 5.69 Å². The molecule has 0 aliphatic carbocycles. The summed E-state index contributed by atoms with van der Waals surface area (Å²) < 4.78 is 0. The molecule has 1 aromatic heterocycles. The van der Waals surface area contributed by atoms with E-state index in [-0.39, 0.29) is 0 Å². The molecule has 152 valence electrons. The molecule has 1 aromatic carbocycles. The lowest BCUT2D eigenvalue weighted by atomic mass is 10.0. The van der Waals surface area contributed by atoms with Crippen molar-refractivity contribution in [3.63, 3.8) is 0 Å². The maximum Gasteiger partial charge on any atom is 0.173 e. The number of hydrogen-bond acceptors (Lipinski definition) is 3. The summed E-state index contributed by atoms with van der Waals surface area (Å²) >= 11 is 7.64. The quantitative estimate of drug-likeness (QED) is 0.563. The van der Waals surface area contributed by atoms with E-state index in [0.29, 0.717) is 0 Å². The van der Waals surface area contributed by atoms with Crippen LogP contribution in [-0.4, -0.2) is 41.1 Å². The summed E-state index contributed by atoms with van der Waals surface area (Å²) in [6, 6.07) is 12.8. The molecule has 1 atom stereocenters. The predicted octanol–water partition coefficient (Wildman–Crippen LogP) is 5.63. The number of para-hydroxylation sites is 1. The van der Waals surface area contributed by atoms with Crippen molar-refractivity contribution in [1.82, 2.24) is 9.80 Å². The number of thiocarbonyl (C=S) groups is 1. The number of rotatable bonds is 8. The molecule has 0 bridgehead atoms. The number of likely N-dealkylation sites (tertiary alicyclic amines) is 1. The first kappa shape index (κ1) is 21.3. The maximum absolute atomic E-state index is 5.83. The first-order valence-electron chi connectivity index (χ1n) is 10.5. The van der Waals surface area contributed by atoms with Crippen molar-refractivity contribution >= 4 is 34.4 Å². The van der Waals surface area contributed by atoms with Gasteiger partial charge in [0.1, 0.15) is 0 Å². The minimum atomic E-state index is 0.835. The summed E-state index contributed by atoms with van der Waals surface area (Å²) in [6.45, 7) is 10.1. The van der Waals surface area contributed by atoms with Crippen molar-refractivity contribution in [2.75, 3.05) is 31.5 Å². The Hall–Kier alpha value is -1.43. The fourth-order valence-corrected chi connectivity index (χ4v) is 4.95. The molecule has 3 nitrogen and oxygen atoms in total. The molecule has 1 unspecified atom stereocenters. The monoisotopic (exact) mass is 415 g/mol. The normalized spacial score (nSPS) is 17.4. The molecule has 1 aliphatic heterocycles. The molecule has 28 heavy (non-hydrogen) atoms. The first-order chi connectivity index (χ1) is 13.7. The molecule has 1 fully saturated rings. The highest BCUT2D eigenvalue weighted by Crippen LogP contribution is 2.19. The number of nitrogens with zero attached hydrogens (tertiary/aromatic N) is 2. The van der Waals surface area contributed by atoms with Crippen LogP contribution in [0.1, 0.15) is 43.6 Å². The molecule has 0 spiro atoms. The third-order valence-electron chi connectivity index (χ3n) is 5.50. The van der Waals surface area contributed by atoms with E-state index in [2.05, 4.69) is 70.7 Å². The van der Waals surface area contributed by atoms with Gasteiger partial charge in [0.15, 0.2) is 5.11 Å². The zero-order valence-electron chi connectivity index (χ0n) is 17.2. The Morgan fingerprint density at radius 3 is 2.89 bits per heavy atom. The van der Waals surface area contributed by atoms with Crippen molar-refractivity contribution in [1.29, 1.82) is 0 Å². The standard InChI is InChI=1S/C23H33N3S2/c1-3-20-10-4-5-12-22(20)24-23(27)26(18-21-11-7-16-28-21)15-8-14-25-13-6-9-19(2)17-25/h4-5,7,10-12,16,19H,3,6,8-9,13-15,17-18H2,1-2H3,(H,24,27). The predicted molar refractivity (Wildman–Crippen MR) is 126 cm³/mol. The fraction of sp³-hybridized carbons (Fsp3) is 0.522. The summed E-state index contributed by atoms with van der Waals surface area (Å²) in [5, 5.41) is 6.50. The lowest BCUT2D eigenvalue weighted by Gasteiger charge is -2.32. The molecule has 1 N–H and O–H groups in total. The Kier molecular flexibility index (Phi) is 8.31. The van der Waals surface area contributed by atoms with Gasteiger partial charge in [-0.05, 0) is 80.0 Å². The van der Waals surface area contributed by atoms with E-state index in [1.165, 1.54) is 42.9 Å². The van der Waals surface area contributed by atoms with Crippen LogP contribution in [0, 0.1) is 5.92 Å². The van der Waals surface area contributed by atoms with Crippen molar-refractivity contribution in [3.8, 4) is 0 Å². The SMILES string of the molecule is CCc1ccccc1NC(=S)N(CCCN1CCCC(C)C1)Cc1cccs1. The lowest BCUT2D eigenvalue weighted by Crippen LogP contribution is -2.39.